The zero-order valence-electron chi connectivity index (χ0n) is 13.6. The van der Waals surface area contributed by atoms with Crippen molar-refractivity contribution in [1.82, 2.24) is 0 Å². The molecule has 0 aromatic heterocycles. The molecule has 0 aliphatic heterocycles. The number of unbranched alkanes of at least 4 members (excludes halogenated alkanes) is 2. The summed E-state index contributed by atoms with van der Waals surface area (Å²) >= 11 is 3.41. The summed E-state index contributed by atoms with van der Waals surface area (Å²) in [5.74, 6) is 1.04. The Morgan fingerprint density at radius 1 is 1.04 bits per heavy atom. The van der Waals surface area contributed by atoms with Crippen LogP contribution in [0.5, 0.6) is 5.75 Å². The van der Waals surface area contributed by atoms with E-state index in [0.29, 0.717) is 13.0 Å². The number of carbonyl (C=O) groups is 1. The molecule has 0 unspecified atom stereocenters. The van der Waals surface area contributed by atoms with Crippen molar-refractivity contribution in [2.75, 3.05) is 5.33 Å². The van der Waals surface area contributed by atoms with Crippen molar-refractivity contribution >= 4 is 21.7 Å². The summed E-state index contributed by atoms with van der Waals surface area (Å²) in [5.41, 5.74) is 2.94. The lowest BCUT2D eigenvalue weighted by atomic mass is 10.0. The lowest BCUT2D eigenvalue weighted by Gasteiger charge is -2.10. The molecule has 0 aliphatic carbocycles. The Balaban J connectivity index is 1.90. The van der Waals surface area contributed by atoms with Gasteiger partial charge in [-0.25, -0.2) is 0 Å². The highest BCUT2D eigenvalue weighted by atomic mass is 79.9. The van der Waals surface area contributed by atoms with Crippen LogP contribution in [0.1, 0.15) is 47.2 Å². The van der Waals surface area contributed by atoms with Crippen LogP contribution in [0.2, 0.25) is 0 Å². The quantitative estimate of drug-likeness (QED) is 0.319. The van der Waals surface area contributed by atoms with Gasteiger partial charge in [-0.05, 0) is 49.1 Å². The molecule has 122 valence electrons. The highest BCUT2D eigenvalue weighted by Crippen LogP contribution is 2.20. The smallest absolute Gasteiger partial charge is 0.163 e. The van der Waals surface area contributed by atoms with Crippen LogP contribution in [0.4, 0.5) is 0 Å². The number of aryl methyl sites for hydroxylation is 1. The van der Waals surface area contributed by atoms with Crippen molar-refractivity contribution in [2.45, 2.75) is 39.2 Å². The van der Waals surface area contributed by atoms with E-state index in [9.17, 15) is 4.79 Å². The highest BCUT2D eigenvalue weighted by Gasteiger charge is 2.10. The summed E-state index contributed by atoms with van der Waals surface area (Å²) in [5, 5.41) is 1.01. The first kappa shape index (κ1) is 17.7. The van der Waals surface area contributed by atoms with Crippen LogP contribution in [-0.4, -0.2) is 11.1 Å². The molecule has 3 heteroatoms. The average molecular weight is 375 g/mol. The van der Waals surface area contributed by atoms with Crippen molar-refractivity contribution in [3.05, 3.63) is 65.2 Å². The number of halogens is 1. The van der Waals surface area contributed by atoms with Gasteiger partial charge in [-0.3, -0.25) is 4.79 Å². The Kier molecular flexibility index (Phi) is 7.34. The van der Waals surface area contributed by atoms with Gasteiger partial charge in [0.25, 0.3) is 0 Å². The first-order valence-corrected chi connectivity index (χ1v) is 9.19. The third-order valence-electron chi connectivity index (χ3n) is 3.78. The minimum atomic E-state index is 0.228. The molecule has 23 heavy (non-hydrogen) atoms. The molecular formula is C20H23BrO2. The van der Waals surface area contributed by atoms with Crippen LogP contribution in [0.25, 0.3) is 0 Å². The van der Waals surface area contributed by atoms with E-state index in [4.69, 9.17) is 4.74 Å². The second-order valence-electron chi connectivity index (χ2n) is 5.67. The fourth-order valence-electron chi connectivity index (χ4n) is 2.47. The normalized spacial score (nSPS) is 10.5. The third-order valence-corrected chi connectivity index (χ3v) is 4.34. The molecule has 2 aromatic rings. The van der Waals surface area contributed by atoms with E-state index in [1.54, 1.807) is 0 Å². The lowest BCUT2D eigenvalue weighted by molar-refractivity contribution is 0.0978. The number of rotatable bonds is 9. The second kappa shape index (κ2) is 9.51. The van der Waals surface area contributed by atoms with Gasteiger partial charge >= 0.3 is 0 Å². The van der Waals surface area contributed by atoms with E-state index in [1.165, 1.54) is 0 Å². The summed E-state index contributed by atoms with van der Waals surface area (Å²) in [6, 6.07) is 15.8. The third kappa shape index (κ3) is 5.83. The maximum absolute atomic E-state index is 12.3. The Morgan fingerprint density at radius 3 is 2.52 bits per heavy atom. The monoisotopic (exact) mass is 374 g/mol. The Hall–Kier alpha value is -1.61. The highest BCUT2D eigenvalue weighted by molar-refractivity contribution is 9.09. The molecule has 2 rings (SSSR count). The minimum absolute atomic E-state index is 0.228. The average Bonchev–Trinajstić information content (AvgIpc) is 2.58. The Bertz CT molecular complexity index is 623. The van der Waals surface area contributed by atoms with E-state index in [1.807, 2.05) is 55.5 Å². The molecule has 0 amide bonds. The Labute approximate surface area is 147 Å². The molecule has 2 nitrogen and oxygen atoms in total. The van der Waals surface area contributed by atoms with Crippen molar-refractivity contribution in [3.63, 3.8) is 0 Å². The van der Waals surface area contributed by atoms with Crippen LogP contribution < -0.4 is 4.74 Å². The van der Waals surface area contributed by atoms with Gasteiger partial charge in [0.15, 0.2) is 5.78 Å². The van der Waals surface area contributed by atoms with Crippen LogP contribution >= 0.6 is 15.9 Å². The molecule has 0 heterocycles. The number of hydrogen-bond acceptors (Lipinski definition) is 2. The van der Waals surface area contributed by atoms with Crippen molar-refractivity contribution in [2.24, 2.45) is 0 Å². The maximum atomic E-state index is 12.3. The zero-order chi connectivity index (χ0) is 16.5. The van der Waals surface area contributed by atoms with Gasteiger partial charge < -0.3 is 4.74 Å². The molecule has 0 radical (unpaired) electrons. The van der Waals surface area contributed by atoms with Crippen LogP contribution in [0.15, 0.2) is 48.5 Å². The number of hydrogen-bond donors (Lipinski definition) is 0. The van der Waals surface area contributed by atoms with Gasteiger partial charge in [0.05, 0.1) is 0 Å². The van der Waals surface area contributed by atoms with E-state index in [-0.39, 0.29) is 5.78 Å². The molecule has 0 N–H and O–H groups in total. The number of carbonyl (C=O) groups excluding carboxylic acids is 1. The Morgan fingerprint density at radius 2 is 1.83 bits per heavy atom. The molecule has 0 atom stereocenters. The summed E-state index contributed by atoms with van der Waals surface area (Å²) in [7, 11) is 0. The first-order chi connectivity index (χ1) is 11.2. The van der Waals surface area contributed by atoms with Crippen molar-refractivity contribution in [1.29, 1.82) is 0 Å². The van der Waals surface area contributed by atoms with Crippen LogP contribution in [0.3, 0.4) is 0 Å². The minimum Gasteiger partial charge on any atom is -0.489 e. The van der Waals surface area contributed by atoms with Crippen LogP contribution in [0, 0.1) is 6.92 Å². The summed E-state index contributed by atoms with van der Waals surface area (Å²) in [6.07, 6.45) is 3.79. The molecule has 0 saturated carbocycles. The molecular weight excluding hydrogens is 352 g/mol. The van der Waals surface area contributed by atoms with Gasteiger partial charge in [0.1, 0.15) is 12.4 Å². The number of Topliss-reactive ketones (excluding diaryl/α,β-unsaturated/α-hetero) is 1. The predicted molar refractivity (Wildman–Crippen MR) is 98.5 cm³/mol. The molecule has 0 spiro atoms. The van der Waals surface area contributed by atoms with Crippen molar-refractivity contribution in [3.8, 4) is 5.75 Å². The molecule has 0 aliphatic rings. The molecule has 0 saturated heterocycles. The van der Waals surface area contributed by atoms with E-state index >= 15 is 0 Å². The molecule has 0 fully saturated rings. The zero-order valence-corrected chi connectivity index (χ0v) is 15.1. The number of benzene rings is 2. The molecule has 2 aromatic carbocycles. The van der Waals surface area contributed by atoms with E-state index < -0.39 is 0 Å². The fourth-order valence-corrected chi connectivity index (χ4v) is 2.87. The molecule has 0 bridgehead atoms. The first-order valence-electron chi connectivity index (χ1n) is 8.07. The number of alkyl halides is 1. The van der Waals surface area contributed by atoms with Gasteiger partial charge in [-0.15, -0.1) is 0 Å². The van der Waals surface area contributed by atoms with Crippen LogP contribution in [-0.2, 0) is 6.61 Å². The maximum Gasteiger partial charge on any atom is 0.163 e. The van der Waals surface area contributed by atoms with E-state index in [0.717, 1.165) is 47.0 Å². The largest absolute Gasteiger partial charge is 0.489 e. The summed E-state index contributed by atoms with van der Waals surface area (Å²) in [6.45, 7) is 2.52. The number of ketones is 1. The van der Waals surface area contributed by atoms with Crippen molar-refractivity contribution < 1.29 is 9.53 Å². The number of ether oxygens (including phenoxy) is 1. The second-order valence-corrected chi connectivity index (χ2v) is 6.47. The van der Waals surface area contributed by atoms with Gasteiger partial charge in [-0.1, -0.05) is 52.7 Å². The summed E-state index contributed by atoms with van der Waals surface area (Å²) < 4.78 is 5.80. The van der Waals surface area contributed by atoms with Gasteiger partial charge in [-0.2, -0.15) is 0 Å². The van der Waals surface area contributed by atoms with Gasteiger partial charge in [0, 0.05) is 17.3 Å². The predicted octanol–water partition coefficient (Wildman–Crippen LogP) is 5.71. The van der Waals surface area contributed by atoms with Gasteiger partial charge in [0.2, 0.25) is 0 Å². The lowest BCUT2D eigenvalue weighted by Crippen LogP contribution is -2.03. The topological polar surface area (TPSA) is 26.3 Å². The van der Waals surface area contributed by atoms with E-state index in [2.05, 4.69) is 15.9 Å². The summed E-state index contributed by atoms with van der Waals surface area (Å²) in [4.78, 5) is 12.3. The fraction of sp³-hybridized carbons (Fsp3) is 0.350. The SMILES string of the molecule is Cc1cc(OCc2ccccc2)ccc1C(=O)CCCCCBr. The standard InChI is InChI=1S/C20H23BrO2/c1-16-14-18(23-15-17-8-4-2-5-9-17)11-12-19(16)20(22)10-6-3-7-13-21/h2,4-5,8-9,11-12,14H,3,6-7,10,13,15H2,1H3.